The fourth-order valence-electron chi connectivity index (χ4n) is 1.24. The second kappa shape index (κ2) is 4.02. The molecule has 1 heterocycles. The molecule has 0 amide bonds. The first-order valence-corrected chi connectivity index (χ1v) is 3.77. The van der Waals surface area contributed by atoms with Crippen molar-refractivity contribution in [2.24, 2.45) is 0 Å². The molecular weight excluding hydrogens is 204 g/mol. The molecule has 0 saturated heterocycles. The minimum atomic E-state index is -0.421. The van der Waals surface area contributed by atoms with Gasteiger partial charge in [0, 0.05) is 17.6 Å². The molecule has 2 rings (SSSR count). The Balaban J connectivity index is 0.000000980. The van der Waals surface area contributed by atoms with Gasteiger partial charge in [-0.15, -0.1) is 12.4 Å². The van der Waals surface area contributed by atoms with Crippen LogP contribution in [0.1, 0.15) is 0 Å². The van der Waals surface area contributed by atoms with Gasteiger partial charge in [0.2, 0.25) is 0 Å². The molecule has 5 heteroatoms. The van der Waals surface area contributed by atoms with E-state index in [2.05, 4.69) is 4.98 Å². The molecule has 4 nitrogen and oxygen atoms in total. The first kappa shape index (κ1) is 10.4. The van der Waals surface area contributed by atoms with Crippen LogP contribution in [-0.2, 0) is 0 Å². The highest BCUT2D eigenvalue weighted by Gasteiger charge is 2.10. The van der Waals surface area contributed by atoms with Gasteiger partial charge in [-0.25, -0.2) is 4.98 Å². The lowest BCUT2D eigenvalue weighted by Crippen LogP contribution is -1.90. The predicted octanol–water partition coefficient (Wildman–Crippen LogP) is 2.56. The number of benzene rings is 1. The lowest BCUT2D eigenvalue weighted by molar-refractivity contribution is -0.383. The summed E-state index contributed by atoms with van der Waals surface area (Å²) in [6.07, 6.45) is 1.55. The van der Waals surface area contributed by atoms with Crippen LogP contribution in [0.4, 0.5) is 5.69 Å². The smallest absolute Gasteiger partial charge is 0.258 e. The number of nitro groups is 1. The Morgan fingerprint density at radius 1 is 1.21 bits per heavy atom. The lowest BCUT2D eigenvalue weighted by atomic mass is 10.2. The maximum atomic E-state index is 10.6. The van der Waals surface area contributed by atoms with E-state index in [-0.39, 0.29) is 18.1 Å². The highest BCUT2D eigenvalue weighted by molar-refractivity contribution is 5.86. The number of nitrogens with zero attached hydrogens (tertiary/aromatic N) is 2. The fraction of sp³-hybridized carbons (Fsp3) is 0. The maximum Gasteiger partial charge on any atom is 0.295 e. The van der Waals surface area contributed by atoms with Crippen LogP contribution < -0.4 is 0 Å². The van der Waals surface area contributed by atoms with Crippen molar-refractivity contribution in [1.82, 2.24) is 4.98 Å². The summed E-state index contributed by atoms with van der Waals surface area (Å²) in [5, 5.41) is 11.4. The molecule has 0 spiro atoms. The van der Waals surface area contributed by atoms with Crippen molar-refractivity contribution in [3.63, 3.8) is 0 Å². The fourth-order valence-corrected chi connectivity index (χ4v) is 1.24. The maximum absolute atomic E-state index is 10.6. The third-order valence-corrected chi connectivity index (χ3v) is 1.81. The largest absolute Gasteiger partial charge is 0.295 e. The average Bonchev–Trinajstić information content (AvgIpc) is 2.17. The quantitative estimate of drug-likeness (QED) is 0.537. The summed E-state index contributed by atoms with van der Waals surface area (Å²) >= 11 is 0. The van der Waals surface area contributed by atoms with Crippen LogP contribution in [-0.4, -0.2) is 9.91 Å². The number of fused-ring (bicyclic) bond motifs is 1. The number of halogens is 1. The van der Waals surface area contributed by atoms with Gasteiger partial charge in [0.25, 0.3) is 5.69 Å². The van der Waals surface area contributed by atoms with Crippen molar-refractivity contribution >= 4 is 29.0 Å². The molecule has 0 saturated carbocycles. The highest BCUT2D eigenvalue weighted by Crippen LogP contribution is 2.21. The topological polar surface area (TPSA) is 56.0 Å². The molecule has 0 N–H and O–H groups in total. The van der Waals surface area contributed by atoms with E-state index in [9.17, 15) is 10.1 Å². The van der Waals surface area contributed by atoms with Gasteiger partial charge in [-0.3, -0.25) is 10.1 Å². The van der Waals surface area contributed by atoms with Gasteiger partial charge in [0.1, 0.15) is 5.52 Å². The molecule has 0 aliphatic carbocycles. The van der Waals surface area contributed by atoms with Crippen LogP contribution in [0.2, 0.25) is 0 Å². The minimum Gasteiger partial charge on any atom is -0.258 e. The van der Waals surface area contributed by atoms with Crippen LogP contribution in [0.3, 0.4) is 0 Å². The second-order valence-corrected chi connectivity index (χ2v) is 2.61. The minimum absolute atomic E-state index is 0. The van der Waals surface area contributed by atoms with Crippen LogP contribution in [0.5, 0.6) is 0 Å². The molecule has 0 unspecified atom stereocenters. The molecule has 0 radical (unpaired) electrons. The first-order chi connectivity index (χ1) is 6.29. The summed E-state index contributed by atoms with van der Waals surface area (Å²) in [7, 11) is 0. The Morgan fingerprint density at radius 3 is 2.64 bits per heavy atom. The first-order valence-electron chi connectivity index (χ1n) is 3.77. The van der Waals surface area contributed by atoms with Crippen molar-refractivity contribution in [2.75, 3.05) is 0 Å². The third-order valence-electron chi connectivity index (χ3n) is 1.81. The molecule has 0 bridgehead atoms. The van der Waals surface area contributed by atoms with Crippen molar-refractivity contribution in [3.8, 4) is 0 Å². The van der Waals surface area contributed by atoms with E-state index in [0.717, 1.165) is 5.39 Å². The Hall–Kier alpha value is -1.68. The highest BCUT2D eigenvalue weighted by atomic mass is 35.5. The van der Waals surface area contributed by atoms with E-state index >= 15 is 0 Å². The number of hydrogen-bond acceptors (Lipinski definition) is 3. The Bertz CT molecular complexity index is 468. The van der Waals surface area contributed by atoms with Gasteiger partial charge in [0.15, 0.2) is 0 Å². The molecule has 1 aromatic carbocycles. The van der Waals surface area contributed by atoms with Gasteiger partial charge in [-0.05, 0) is 6.07 Å². The number of aromatic nitrogens is 1. The molecule has 72 valence electrons. The molecule has 0 aliphatic heterocycles. The van der Waals surface area contributed by atoms with E-state index in [1.165, 1.54) is 6.07 Å². The van der Waals surface area contributed by atoms with E-state index in [4.69, 9.17) is 0 Å². The van der Waals surface area contributed by atoms with Gasteiger partial charge in [-0.2, -0.15) is 0 Å². The summed E-state index contributed by atoms with van der Waals surface area (Å²) in [5.74, 6) is 0. The van der Waals surface area contributed by atoms with Crippen LogP contribution in [0.25, 0.3) is 10.9 Å². The number of para-hydroxylation sites is 1. The van der Waals surface area contributed by atoms with Crippen LogP contribution >= 0.6 is 12.4 Å². The summed E-state index contributed by atoms with van der Waals surface area (Å²) in [5.41, 5.74) is 0.494. The summed E-state index contributed by atoms with van der Waals surface area (Å²) in [4.78, 5) is 14.1. The third kappa shape index (κ3) is 1.65. The Labute approximate surface area is 86.1 Å². The monoisotopic (exact) mass is 210 g/mol. The molecule has 0 atom stereocenters. The van der Waals surface area contributed by atoms with E-state index < -0.39 is 4.92 Å². The number of nitro benzene ring substituents is 1. The molecule has 1 aromatic heterocycles. The zero-order valence-electron chi connectivity index (χ0n) is 7.08. The van der Waals surface area contributed by atoms with Gasteiger partial charge < -0.3 is 0 Å². The van der Waals surface area contributed by atoms with Crippen molar-refractivity contribution in [2.45, 2.75) is 0 Å². The predicted molar refractivity (Wildman–Crippen MR) is 55.6 cm³/mol. The van der Waals surface area contributed by atoms with Crippen LogP contribution in [0.15, 0.2) is 36.5 Å². The molecular formula is C9H7ClN2O2. The molecule has 0 aliphatic rings. The zero-order chi connectivity index (χ0) is 9.26. The standard InChI is InChI=1S/C9H6N2O2.ClH/c12-11(13)8-5-1-3-7-4-2-6-10-9(7)8;/h1-6H;1H. The normalized spacial score (nSPS) is 9.43. The van der Waals surface area contributed by atoms with Crippen LogP contribution in [0, 0.1) is 10.1 Å². The van der Waals surface area contributed by atoms with Crippen molar-refractivity contribution in [3.05, 3.63) is 46.6 Å². The molecule has 2 aromatic rings. The number of hydrogen-bond donors (Lipinski definition) is 0. The van der Waals surface area contributed by atoms with Gasteiger partial charge in [0.05, 0.1) is 4.92 Å². The van der Waals surface area contributed by atoms with Gasteiger partial charge >= 0.3 is 0 Å². The number of pyridine rings is 1. The van der Waals surface area contributed by atoms with Crippen molar-refractivity contribution in [1.29, 1.82) is 0 Å². The number of rotatable bonds is 1. The van der Waals surface area contributed by atoms with E-state index in [1.807, 2.05) is 0 Å². The zero-order valence-corrected chi connectivity index (χ0v) is 7.90. The summed E-state index contributed by atoms with van der Waals surface area (Å²) in [6, 6.07) is 8.47. The summed E-state index contributed by atoms with van der Waals surface area (Å²) < 4.78 is 0. The second-order valence-electron chi connectivity index (χ2n) is 2.61. The van der Waals surface area contributed by atoms with E-state index in [1.54, 1.807) is 30.5 Å². The molecule has 0 fully saturated rings. The number of non-ortho nitro benzene ring substituents is 1. The van der Waals surface area contributed by atoms with Crippen molar-refractivity contribution < 1.29 is 4.92 Å². The Morgan fingerprint density at radius 2 is 1.93 bits per heavy atom. The Kier molecular flexibility index (Phi) is 2.99. The lowest BCUT2D eigenvalue weighted by Gasteiger charge is -1.96. The summed E-state index contributed by atoms with van der Waals surface area (Å²) in [6.45, 7) is 0. The average molecular weight is 211 g/mol. The molecule has 14 heavy (non-hydrogen) atoms. The van der Waals surface area contributed by atoms with Gasteiger partial charge in [-0.1, -0.05) is 18.2 Å². The van der Waals surface area contributed by atoms with E-state index in [0.29, 0.717) is 5.52 Å². The SMILES string of the molecule is Cl.O=[N+]([O-])c1cccc2cccnc12.